The molecule has 0 N–H and O–H groups in total. The van der Waals surface area contributed by atoms with Crippen molar-refractivity contribution >= 4 is 11.6 Å². The van der Waals surface area contributed by atoms with Gasteiger partial charge in [-0.1, -0.05) is 0 Å². The second-order valence-corrected chi connectivity index (χ2v) is 7.21. The number of piperidine rings is 1. The molecule has 1 aliphatic rings. The first kappa shape index (κ1) is 18.2. The molecule has 4 aromatic rings. The van der Waals surface area contributed by atoms with E-state index in [1.807, 2.05) is 18.1 Å². The highest BCUT2D eigenvalue weighted by Gasteiger charge is 2.27. The van der Waals surface area contributed by atoms with Gasteiger partial charge in [0.15, 0.2) is 5.65 Å². The van der Waals surface area contributed by atoms with Crippen LogP contribution in [0.4, 0.5) is 0 Å². The van der Waals surface area contributed by atoms with Crippen molar-refractivity contribution in [3.8, 4) is 17.1 Å². The van der Waals surface area contributed by atoms with Crippen molar-refractivity contribution in [2.45, 2.75) is 18.9 Å². The third-order valence-electron chi connectivity index (χ3n) is 5.18. The molecule has 30 heavy (non-hydrogen) atoms. The Bertz CT molecular complexity index is 1170. The average molecular weight is 404 g/mol. The maximum absolute atomic E-state index is 12.9. The summed E-state index contributed by atoms with van der Waals surface area (Å²) in [5.74, 6) is -0.0563. The number of ether oxygens (including phenoxy) is 1. The minimum Gasteiger partial charge on any atom is -0.460 e. The topological polar surface area (TPSA) is 103 Å². The average Bonchev–Trinajstić information content (AvgIpc) is 3.41. The molecule has 0 atom stereocenters. The van der Waals surface area contributed by atoms with Gasteiger partial charge in [0, 0.05) is 75.1 Å². The molecule has 0 spiro atoms. The van der Waals surface area contributed by atoms with Crippen LogP contribution < -0.4 is 4.74 Å². The summed E-state index contributed by atoms with van der Waals surface area (Å²) in [5.41, 5.74) is 2.93. The summed E-state index contributed by atoms with van der Waals surface area (Å²) in [6, 6.07) is 2.13. The first-order valence-corrected chi connectivity index (χ1v) is 9.73. The van der Waals surface area contributed by atoms with Crippen LogP contribution in [0.5, 0.6) is 6.01 Å². The molecule has 152 valence electrons. The smallest absolute Gasteiger partial charge is 0.316 e. The number of fused-ring (bicyclic) bond motifs is 1. The number of carbonyl (C=O) groups is 1. The van der Waals surface area contributed by atoms with Crippen molar-refractivity contribution in [3.63, 3.8) is 0 Å². The maximum Gasteiger partial charge on any atom is 0.316 e. The summed E-state index contributed by atoms with van der Waals surface area (Å²) >= 11 is 0. The first-order valence-electron chi connectivity index (χ1n) is 9.73. The van der Waals surface area contributed by atoms with Gasteiger partial charge in [0.2, 0.25) is 0 Å². The number of carbonyl (C=O) groups excluding carboxylic acids is 1. The van der Waals surface area contributed by atoms with Crippen LogP contribution in [0.3, 0.4) is 0 Å². The van der Waals surface area contributed by atoms with Crippen LogP contribution in [0.2, 0.25) is 0 Å². The fraction of sp³-hybridized carbons (Fsp3) is 0.300. The molecule has 4 aromatic heterocycles. The Kier molecular flexibility index (Phi) is 4.58. The quantitative estimate of drug-likeness (QED) is 0.509. The molecule has 1 fully saturated rings. The molecular formula is C20H20N8O2. The number of hydrogen-bond acceptors (Lipinski definition) is 7. The van der Waals surface area contributed by atoms with E-state index >= 15 is 0 Å². The zero-order chi connectivity index (χ0) is 20.5. The van der Waals surface area contributed by atoms with Gasteiger partial charge < -0.3 is 9.64 Å². The molecule has 5 rings (SSSR count). The largest absolute Gasteiger partial charge is 0.460 e. The van der Waals surface area contributed by atoms with E-state index in [4.69, 9.17) is 4.74 Å². The van der Waals surface area contributed by atoms with Crippen LogP contribution in [0.15, 0.2) is 49.4 Å². The third kappa shape index (κ3) is 3.47. The molecule has 0 aliphatic carbocycles. The molecule has 10 heteroatoms. The van der Waals surface area contributed by atoms with Crippen molar-refractivity contribution in [1.82, 2.24) is 39.2 Å². The number of aromatic nitrogens is 7. The Morgan fingerprint density at radius 1 is 1.03 bits per heavy atom. The number of aryl methyl sites for hydroxylation is 1. The maximum atomic E-state index is 12.9. The second-order valence-electron chi connectivity index (χ2n) is 7.21. The molecule has 1 saturated heterocycles. The van der Waals surface area contributed by atoms with Crippen molar-refractivity contribution < 1.29 is 9.53 Å². The van der Waals surface area contributed by atoms with Crippen molar-refractivity contribution in [2.24, 2.45) is 7.05 Å². The highest BCUT2D eigenvalue weighted by atomic mass is 16.5. The van der Waals surface area contributed by atoms with Gasteiger partial charge in [0.1, 0.15) is 11.7 Å². The van der Waals surface area contributed by atoms with Crippen LogP contribution >= 0.6 is 0 Å². The Labute approximate surface area is 172 Å². The lowest BCUT2D eigenvalue weighted by Crippen LogP contribution is -2.42. The van der Waals surface area contributed by atoms with Crippen LogP contribution in [0.1, 0.15) is 23.2 Å². The van der Waals surface area contributed by atoms with Crippen molar-refractivity contribution in [2.75, 3.05) is 13.1 Å². The van der Waals surface area contributed by atoms with Crippen molar-refractivity contribution in [3.05, 3.63) is 55.0 Å². The SMILES string of the molecule is Cn1cc(-c2cnc(OC3CCN(C(=O)c4cnn5cccnc45)CC3)nc2)cn1. The fourth-order valence-corrected chi connectivity index (χ4v) is 3.57. The van der Waals surface area contributed by atoms with E-state index in [0.717, 1.165) is 11.1 Å². The fourth-order valence-electron chi connectivity index (χ4n) is 3.57. The molecule has 1 amide bonds. The standard InChI is InChI=1S/C20H20N8O2/c1-26-13-15(11-24-26)14-9-22-20(23-10-14)30-16-3-7-27(8-4-16)19(29)17-12-25-28-6-2-5-21-18(17)28/h2,5-6,9-13,16H,3-4,7-8H2,1H3. The minimum atomic E-state index is -0.0563. The Balaban J connectivity index is 1.19. The minimum absolute atomic E-state index is 0.0275. The monoisotopic (exact) mass is 404 g/mol. The number of rotatable bonds is 4. The Morgan fingerprint density at radius 2 is 1.83 bits per heavy atom. The number of hydrogen-bond donors (Lipinski definition) is 0. The van der Waals surface area contributed by atoms with E-state index in [1.54, 1.807) is 52.4 Å². The van der Waals surface area contributed by atoms with Gasteiger partial charge >= 0.3 is 6.01 Å². The molecule has 10 nitrogen and oxygen atoms in total. The molecule has 1 aliphatic heterocycles. The van der Waals surface area contributed by atoms with Gasteiger partial charge in [-0.05, 0) is 6.07 Å². The third-order valence-corrected chi connectivity index (χ3v) is 5.18. The normalized spacial score (nSPS) is 14.9. The number of likely N-dealkylation sites (tertiary alicyclic amines) is 1. The lowest BCUT2D eigenvalue weighted by Gasteiger charge is -2.31. The molecule has 0 aromatic carbocycles. The van der Waals surface area contributed by atoms with Crippen molar-refractivity contribution in [1.29, 1.82) is 0 Å². The lowest BCUT2D eigenvalue weighted by molar-refractivity contribution is 0.0580. The van der Waals surface area contributed by atoms with Gasteiger partial charge in [0.05, 0.1) is 12.4 Å². The Hall–Kier alpha value is -3.82. The van der Waals surface area contributed by atoms with Gasteiger partial charge in [-0.3, -0.25) is 9.48 Å². The van der Waals surface area contributed by atoms with E-state index in [-0.39, 0.29) is 12.0 Å². The summed E-state index contributed by atoms with van der Waals surface area (Å²) in [6.45, 7) is 1.20. The molecule has 5 heterocycles. The number of amides is 1. The van der Waals surface area contributed by atoms with Gasteiger partial charge in [-0.15, -0.1) is 0 Å². The zero-order valence-electron chi connectivity index (χ0n) is 16.4. The van der Waals surface area contributed by atoms with E-state index in [9.17, 15) is 4.79 Å². The summed E-state index contributed by atoms with van der Waals surface area (Å²) < 4.78 is 9.27. The summed E-state index contributed by atoms with van der Waals surface area (Å²) in [6.07, 6.45) is 13.6. The van der Waals surface area contributed by atoms with E-state index in [1.165, 1.54) is 0 Å². The van der Waals surface area contributed by atoms with E-state index < -0.39 is 0 Å². The predicted molar refractivity (Wildman–Crippen MR) is 107 cm³/mol. The lowest BCUT2D eigenvalue weighted by atomic mass is 10.1. The predicted octanol–water partition coefficient (Wildman–Crippen LogP) is 1.60. The number of nitrogens with zero attached hydrogens (tertiary/aromatic N) is 8. The second kappa shape index (κ2) is 7.54. The summed E-state index contributed by atoms with van der Waals surface area (Å²) in [4.78, 5) is 27.6. The molecular weight excluding hydrogens is 384 g/mol. The molecule has 0 saturated carbocycles. The first-order chi connectivity index (χ1) is 14.7. The van der Waals surface area contributed by atoms with Crippen LogP contribution in [0, 0.1) is 0 Å². The summed E-state index contributed by atoms with van der Waals surface area (Å²) in [5, 5.41) is 8.35. The molecule has 0 bridgehead atoms. The molecule has 0 unspecified atom stereocenters. The van der Waals surface area contributed by atoms with Gasteiger partial charge in [-0.25, -0.2) is 19.5 Å². The van der Waals surface area contributed by atoms with Gasteiger partial charge in [0.25, 0.3) is 5.91 Å². The van der Waals surface area contributed by atoms with E-state index in [2.05, 4.69) is 25.1 Å². The van der Waals surface area contributed by atoms with Crippen LogP contribution in [0.25, 0.3) is 16.8 Å². The highest BCUT2D eigenvalue weighted by Crippen LogP contribution is 2.21. The molecule has 0 radical (unpaired) electrons. The highest BCUT2D eigenvalue weighted by molar-refractivity contribution is 5.99. The summed E-state index contributed by atoms with van der Waals surface area (Å²) in [7, 11) is 1.87. The zero-order valence-corrected chi connectivity index (χ0v) is 16.4. The van der Waals surface area contributed by atoms with E-state index in [0.29, 0.717) is 43.2 Å². The Morgan fingerprint density at radius 3 is 2.57 bits per heavy atom. The van der Waals surface area contributed by atoms with Gasteiger partial charge in [-0.2, -0.15) is 10.2 Å². The van der Waals surface area contributed by atoms with Crippen LogP contribution in [-0.4, -0.2) is 64.3 Å². The van der Waals surface area contributed by atoms with Crippen LogP contribution in [-0.2, 0) is 7.05 Å².